The molecule has 0 aliphatic heterocycles. The number of carbonyl (C=O) groups is 2. The number of carbonyl (C=O) groups excluding carboxylic acids is 2. The molecule has 2 aromatic rings. The third-order valence-electron chi connectivity index (χ3n) is 3.32. The number of amides is 1. The van der Waals surface area contributed by atoms with Crippen LogP contribution in [0, 0.1) is 17.2 Å². The molecule has 1 heterocycles. The summed E-state index contributed by atoms with van der Waals surface area (Å²) in [7, 11) is 0. The first-order valence-corrected chi connectivity index (χ1v) is 7.40. The molecular formula is C18H17N3O2. The molecule has 0 aliphatic rings. The van der Waals surface area contributed by atoms with Crippen molar-refractivity contribution in [2.24, 2.45) is 5.92 Å². The molecule has 0 bridgehead atoms. The summed E-state index contributed by atoms with van der Waals surface area (Å²) in [5.74, 6) is -2.41. The second kappa shape index (κ2) is 7.85. The van der Waals surface area contributed by atoms with Crippen LogP contribution in [0.5, 0.6) is 0 Å². The van der Waals surface area contributed by atoms with Crippen molar-refractivity contribution in [3.8, 4) is 6.07 Å². The van der Waals surface area contributed by atoms with E-state index in [-0.39, 0.29) is 0 Å². The fraction of sp³-hybridized carbons (Fsp3) is 0.222. The lowest BCUT2D eigenvalue weighted by Crippen LogP contribution is -2.34. The molecule has 1 N–H and O–H groups in total. The summed E-state index contributed by atoms with van der Waals surface area (Å²) in [5, 5.41) is 12.6. The van der Waals surface area contributed by atoms with Gasteiger partial charge in [0.2, 0.25) is 5.91 Å². The lowest BCUT2D eigenvalue weighted by atomic mass is 10.0. The number of pyridine rings is 1. The summed E-state index contributed by atoms with van der Waals surface area (Å²) < 4.78 is 0. The second-order valence-electron chi connectivity index (χ2n) is 5.01. The van der Waals surface area contributed by atoms with Gasteiger partial charge < -0.3 is 5.32 Å². The highest BCUT2D eigenvalue weighted by Crippen LogP contribution is 2.17. The van der Waals surface area contributed by atoms with E-state index in [1.54, 1.807) is 18.3 Å². The first kappa shape index (κ1) is 16.4. The Labute approximate surface area is 134 Å². The van der Waals surface area contributed by atoms with Gasteiger partial charge in [-0.2, -0.15) is 5.26 Å². The Kier molecular flexibility index (Phi) is 5.59. The van der Waals surface area contributed by atoms with Gasteiger partial charge in [0.15, 0.2) is 11.7 Å². The van der Waals surface area contributed by atoms with E-state index in [2.05, 4.69) is 10.3 Å². The molecule has 5 nitrogen and oxygen atoms in total. The molecule has 0 aliphatic carbocycles. The van der Waals surface area contributed by atoms with Crippen molar-refractivity contribution >= 4 is 28.7 Å². The Morgan fingerprint density at radius 2 is 2.13 bits per heavy atom. The Bertz CT molecular complexity index is 785. The summed E-state index contributed by atoms with van der Waals surface area (Å²) in [6.07, 6.45) is 5.28. The molecule has 0 fully saturated rings. The number of allylic oxidation sites excluding steroid dienone is 1. The van der Waals surface area contributed by atoms with Crippen LogP contribution in [0.1, 0.15) is 18.9 Å². The minimum atomic E-state index is -1.32. The first-order chi connectivity index (χ1) is 11.2. The highest BCUT2D eigenvalue weighted by molar-refractivity contribution is 6.10. The number of nitriles is 1. The quantitative estimate of drug-likeness (QED) is 0.656. The van der Waals surface area contributed by atoms with Gasteiger partial charge in [-0.1, -0.05) is 31.2 Å². The fourth-order valence-corrected chi connectivity index (χ4v) is 2.13. The fourth-order valence-electron chi connectivity index (χ4n) is 2.13. The van der Waals surface area contributed by atoms with Gasteiger partial charge in [0.05, 0.1) is 11.6 Å². The molecule has 23 heavy (non-hydrogen) atoms. The largest absolute Gasteiger partial charge is 0.355 e. The highest BCUT2D eigenvalue weighted by atomic mass is 16.2. The maximum atomic E-state index is 12.1. The molecule has 0 saturated carbocycles. The van der Waals surface area contributed by atoms with Crippen LogP contribution in [0.2, 0.25) is 0 Å². The van der Waals surface area contributed by atoms with E-state index in [0.717, 1.165) is 22.9 Å². The van der Waals surface area contributed by atoms with Crippen LogP contribution in [-0.4, -0.2) is 23.2 Å². The Hall–Kier alpha value is -3.00. The molecule has 1 aromatic heterocycles. The number of hydrogen-bond acceptors (Lipinski definition) is 4. The molecule has 0 spiro atoms. The van der Waals surface area contributed by atoms with Crippen molar-refractivity contribution in [2.75, 3.05) is 6.54 Å². The summed E-state index contributed by atoms with van der Waals surface area (Å²) in [6, 6.07) is 11.1. The third-order valence-corrected chi connectivity index (χ3v) is 3.32. The topological polar surface area (TPSA) is 82.9 Å². The molecule has 1 unspecified atom stereocenters. The maximum absolute atomic E-state index is 12.1. The highest BCUT2D eigenvalue weighted by Gasteiger charge is 2.23. The number of ketones is 1. The van der Waals surface area contributed by atoms with Crippen LogP contribution in [0.3, 0.4) is 0 Å². The van der Waals surface area contributed by atoms with Crippen LogP contribution in [0.4, 0.5) is 0 Å². The minimum absolute atomic E-state index is 0.446. The maximum Gasteiger partial charge on any atom is 0.245 e. The number of fused-ring (bicyclic) bond motifs is 1. The number of nitrogens with zero attached hydrogens (tertiary/aromatic N) is 2. The standard InChI is InChI=1S/C18H17N3O2/c1-2-10-21-18(23)15(12-19)16(22)9-8-14-6-3-5-13-7-4-11-20-17(13)14/h3-9,11,15H,2,10H2,1H3,(H,21,23). The van der Waals surface area contributed by atoms with Crippen molar-refractivity contribution in [3.63, 3.8) is 0 Å². The smallest absolute Gasteiger partial charge is 0.245 e. The number of para-hydroxylation sites is 1. The van der Waals surface area contributed by atoms with E-state index >= 15 is 0 Å². The average Bonchev–Trinajstić information content (AvgIpc) is 2.58. The van der Waals surface area contributed by atoms with Crippen LogP contribution >= 0.6 is 0 Å². The predicted molar refractivity (Wildman–Crippen MR) is 88.2 cm³/mol. The zero-order chi connectivity index (χ0) is 16.7. The van der Waals surface area contributed by atoms with Gasteiger partial charge >= 0.3 is 0 Å². The Morgan fingerprint density at radius 1 is 1.35 bits per heavy atom. The van der Waals surface area contributed by atoms with Crippen molar-refractivity contribution in [3.05, 3.63) is 48.2 Å². The minimum Gasteiger partial charge on any atom is -0.355 e. The van der Waals surface area contributed by atoms with Crippen molar-refractivity contribution in [1.82, 2.24) is 10.3 Å². The van der Waals surface area contributed by atoms with E-state index in [1.807, 2.05) is 37.3 Å². The normalized spacial score (nSPS) is 12.0. The first-order valence-electron chi connectivity index (χ1n) is 7.40. The summed E-state index contributed by atoms with van der Waals surface area (Å²) in [5.41, 5.74) is 1.53. The Morgan fingerprint density at radius 3 is 2.87 bits per heavy atom. The van der Waals surface area contributed by atoms with Crippen LogP contribution in [0.25, 0.3) is 17.0 Å². The summed E-state index contributed by atoms with van der Waals surface area (Å²) >= 11 is 0. The number of nitrogens with one attached hydrogen (secondary N) is 1. The van der Waals surface area contributed by atoms with Crippen molar-refractivity contribution < 1.29 is 9.59 Å². The van der Waals surface area contributed by atoms with Crippen molar-refractivity contribution in [2.45, 2.75) is 13.3 Å². The SMILES string of the molecule is CCCNC(=O)C(C#N)C(=O)C=Cc1cccc2cccnc12. The zero-order valence-electron chi connectivity index (χ0n) is 12.8. The van der Waals surface area contributed by atoms with Crippen molar-refractivity contribution in [1.29, 1.82) is 5.26 Å². The van der Waals surface area contributed by atoms with E-state index < -0.39 is 17.6 Å². The van der Waals surface area contributed by atoms with Gasteiger partial charge in [0.25, 0.3) is 0 Å². The summed E-state index contributed by atoms with van der Waals surface area (Å²) in [4.78, 5) is 28.2. The van der Waals surface area contributed by atoms with Gasteiger partial charge in [0, 0.05) is 23.7 Å². The molecular weight excluding hydrogens is 290 g/mol. The van der Waals surface area contributed by atoms with Crippen LogP contribution in [0.15, 0.2) is 42.6 Å². The molecule has 0 saturated heterocycles. The van der Waals surface area contributed by atoms with Crippen LogP contribution in [-0.2, 0) is 9.59 Å². The lowest BCUT2D eigenvalue weighted by molar-refractivity contribution is -0.129. The molecule has 5 heteroatoms. The molecule has 2 rings (SSSR count). The number of hydrogen-bond donors (Lipinski definition) is 1. The van der Waals surface area contributed by atoms with E-state index in [4.69, 9.17) is 5.26 Å². The number of rotatable bonds is 6. The van der Waals surface area contributed by atoms with Crippen LogP contribution < -0.4 is 5.32 Å². The van der Waals surface area contributed by atoms with E-state index in [1.165, 1.54) is 6.08 Å². The van der Waals surface area contributed by atoms with Gasteiger partial charge in [-0.25, -0.2) is 0 Å². The van der Waals surface area contributed by atoms with Gasteiger partial charge in [-0.05, 0) is 24.6 Å². The molecule has 0 radical (unpaired) electrons. The molecule has 1 atom stereocenters. The zero-order valence-corrected chi connectivity index (χ0v) is 12.8. The number of aromatic nitrogens is 1. The number of benzene rings is 1. The summed E-state index contributed by atoms with van der Waals surface area (Å²) in [6.45, 7) is 2.35. The van der Waals surface area contributed by atoms with Gasteiger partial charge in [-0.15, -0.1) is 0 Å². The van der Waals surface area contributed by atoms with E-state index in [9.17, 15) is 9.59 Å². The lowest BCUT2D eigenvalue weighted by Gasteiger charge is -2.06. The second-order valence-corrected chi connectivity index (χ2v) is 5.01. The average molecular weight is 307 g/mol. The monoisotopic (exact) mass is 307 g/mol. The molecule has 116 valence electrons. The Balaban J connectivity index is 2.19. The van der Waals surface area contributed by atoms with Gasteiger partial charge in [0.1, 0.15) is 0 Å². The molecule has 1 amide bonds. The third kappa shape index (κ3) is 4.01. The molecule has 1 aromatic carbocycles. The van der Waals surface area contributed by atoms with E-state index in [0.29, 0.717) is 6.54 Å². The van der Waals surface area contributed by atoms with Gasteiger partial charge in [-0.3, -0.25) is 14.6 Å². The predicted octanol–water partition coefficient (Wildman–Crippen LogP) is 2.48.